The van der Waals surface area contributed by atoms with E-state index in [4.69, 9.17) is 14.2 Å². The van der Waals surface area contributed by atoms with Crippen molar-refractivity contribution in [2.24, 2.45) is 0 Å². The Balaban J connectivity index is 0.000000239. The Kier molecular flexibility index (Phi) is 13.6. The van der Waals surface area contributed by atoms with Gasteiger partial charge in [-0.2, -0.15) is 0 Å². The van der Waals surface area contributed by atoms with E-state index in [9.17, 15) is 13.6 Å². The van der Waals surface area contributed by atoms with Gasteiger partial charge in [0.2, 0.25) is 0 Å². The van der Waals surface area contributed by atoms with Crippen LogP contribution in [0.25, 0.3) is 0 Å². The first-order valence-electron chi connectivity index (χ1n) is 14.4. The molecule has 0 unspecified atom stereocenters. The SMILES string of the molecule is CC(C)(C)OC(=O)N1CCN(c2ccc(COCCF)cc2)CC1.FCCOCc1ccc(N2CCNCC2)cc1. The number of amides is 1. The van der Waals surface area contributed by atoms with E-state index < -0.39 is 19.0 Å². The van der Waals surface area contributed by atoms with E-state index in [2.05, 4.69) is 39.4 Å². The number of piperazine rings is 2. The van der Waals surface area contributed by atoms with Crippen molar-refractivity contribution < 1.29 is 27.8 Å². The zero-order chi connectivity index (χ0) is 29.5. The van der Waals surface area contributed by atoms with Crippen LogP contribution in [0.15, 0.2) is 48.5 Å². The van der Waals surface area contributed by atoms with E-state index in [0.29, 0.717) is 26.3 Å². The highest BCUT2D eigenvalue weighted by Crippen LogP contribution is 2.19. The first kappa shape index (κ1) is 32.6. The molecule has 0 bridgehead atoms. The molecule has 0 spiro atoms. The normalized spacial score (nSPS) is 15.8. The van der Waals surface area contributed by atoms with Gasteiger partial charge in [0.1, 0.15) is 19.0 Å². The van der Waals surface area contributed by atoms with Crippen molar-refractivity contribution >= 4 is 17.5 Å². The van der Waals surface area contributed by atoms with Gasteiger partial charge in [-0.15, -0.1) is 0 Å². The van der Waals surface area contributed by atoms with Crippen LogP contribution >= 0.6 is 0 Å². The Morgan fingerprint density at radius 3 is 1.59 bits per heavy atom. The second kappa shape index (κ2) is 17.1. The molecule has 2 saturated heterocycles. The summed E-state index contributed by atoms with van der Waals surface area (Å²) in [6.07, 6.45) is -0.248. The van der Waals surface area contributed by atoms with Crippen molar-refractivity contribution in [2.75, 3.05) is 88.7 Å². The van der Waals surface area contributed by atoms with Crippen LogP contribution in [0, 0.1) is 0 Å². The molecule has 0 aliphatic carbocycles. The lowest BCUT2D eigenvalue weighted by atomic mass is 10.2. The smallest absolute Gasteiger partial charge is 0.410 e. The fourth-order valence-corrected chi connectivity index (χ4v) is 4.49. The molecular formula is C31H46F2N4O4. The molecule has 2 aliphatic heterocycles. The Hall–Kier alpha value is -2.95. The van der Waals surface area contributed by atoms with Crippen LogP contribution < -0.4 is 15.1 Å². The molecule has 2 aromatic rings. The van der Waals surface area contributed by atoms with E-state index in [1.165, 1.54) is 5.69 Å². The Labute approximate surface area is 243 Å². The number of alkyl halides is 2. The Morgan fingerprint density at radius 2 is 1.17 bits per heavy atom. The second-order valence-electron chi connectivity index (χ2n) is 11.0. The van der Waals surface area contributed by atoms with Gasteiger partial charge in [0.15, 0.2) is 0 Å². The highest BCUT2D eigenvalue weighted by molar-refractivity contribution is 5.68. The fraction of sp³-hybridized carbons (Fsp3) is 0.581. The van der Waals surface area contributed by atoms with Gasteiger partial charge < -0.3 is 34.2 Å². The third-order valence-corrected chi connectivity index (χ3v) is 6.63. The third-order valence-electron chi connectivity index (χ3n) is 6.63. The summed E-state index contributed by atoms with van der Waals surface area (Å²) in [7, 11) is 0. The van der Waals surface area contributed by atoms with E-state index in [1.54, 1.807) is 4.90 Å². The molecule has 0 saturated carbocycles. The second-order valence-corrected chi connectivity index (χ2v) is 11.0. The van der Waals surface area contributed by atoms with Crippen LogP contribution in [-0.4, -0.2) is 95.5 Å². The number of nitrogens with zero attached hydrogens (tertiary/aromatic N) is 3. The third kappa shape index (κ3) is 11.8. The molecule has 1 N–H and O–H groups in total. The number of hydrogen-bond donors (Lipinski definition) is 1. The number of nitrogens with one attached hydrogen (secondary N) is 1. The van der Waals surface area contributed by atoms with Gasteiger partial charge in [0, 0.05) is 63.7 Å². The van der Waals surface area contributed by atoms with Gasteiger partial charge in [-0.25, -0.2) is 13.6 Å². The molecule has 228 valence electrons. The lowest BCUT2D eigenvalue weighted by Crippen LogP contribution is -2.50. The van der Waals surface area contributed by atoms with Gasteiger partial charge in [-0.05, 0) is 56.2 Å². The minimum atomic E-state index is -0.464. The number of hydrogen-bond acceptors (Lipinski definition) is 7. The maximum absolute atomic E-state index is 12.1. The lowest BCUT2D eigenvalue weighted by Gasteiger charge is -2.36. The fourth-order valence-electron chi connectivity index (χ4n) is 4.49. The van der Waals surface area contributed by atoms with E-state index in [0.717, 1.165) is 56.1 Å². The largest absolute Gasteiger partial charge is 0.444 e. The number of halogens is 2. The minimum Gasteiger partial charge on any atom is -0.444 e. The Bertz CT molecular complexity index is 1000. The van der Waals surface area contributed by atoms with E-state index in [1.807, 2.05) is 45.0 Å². The van der Waals surface area contributed by atoms with Crippen molar-refractivity contribution in [2.45, 2.75) is 39.6 Å². The van der Waals surface area contributed by atoms with Gasteiger partial charge in [-0.3, -0.25) is 0 Å². The monoisotopic (exact) mass is 576 g/mol. The van der Waals surface area contributed by atoms with Crippen molar-refractivity contribution in [1.82, 2.24) is 10.2 Å². The highest BCUT2D eigenvalue weighted by atomic mass is 19.1. The van der Waals surface area contributed by atoms with Crippen molar-refractivity contribution in [3.05, 3.63) is 59.7 Å². The average molecular weight is 577 g/mol. The summed E-state index contributed by atoms with van der Waals surface area (Å²) in [4.78, 5) is 18.4. The van der Waals surface area contributed by atoms with Gasteiger partial charge in [-0.1, -0.05) is 24.3 Å². The van der Waals surface area contributed by atoms with Crippen LogP contribution in [-0.2, 0) is 27.4 Å². The summed E-state index contributed by atoms with van der Waals surface area (Å²) < 4.78 is 39.6. The van der Waals surface area contributed by atoms with Crippen LogP contribution in [0.3, 0.4) is 0 Å². The number of ether oxygens (including phenoxy) is 3. The van der Waals surface area contributed by atoms with E-state index >= 15 is 0 Å². The zero-order valence-electron chi connectivity index (χ0n) is 24.7. The highest BCUT2D eigenvalue weighted by Gasteiger charge is 2.25. The minimum absolute atomic E-state index is 0.133. The van der Waals surface area contributed by atoms with Crippen LogP contribution in [0.4, 0.5) is 25.0 Å². The first-order chi connectivity index (χ1) is 19.8. The molecule has 0 aromatic heterocycles. The topological polar surface area (TPSA) is 66.5 Å². The van der Waals surface area contributed by atoms with Crippen LogP contribution in [0.5, 0.6) is 0 Å². The zero-order valence-corrected chi connectivity index (χ0v) is 24.7. The van der Waals surface area contributed by atoms with Crippen LogP contribution in [0.1, 0.15) is 31.9 Å². The standard InChI is InChI=1S/C18H27FN2O3.C13H19FN2O/c1-18(2,3)24-17(22)21-11-9-20(10-12-21)16-6-4-15(5-7-16)14-23-13-8-19;14-5-10-17-11-12-1-3-13(4-2-12)16-8-6-15-7-9-16/h4-7H,8-14H2,1-3H3;1-4,15H,5-11H2. The molecule has 4 rings (SSSR count). The quantitative estimate of drug-likeness (QED) is 0.407. The molecule has 2 heterocycles. The van der Waals surface area contributed by atoms with Crippen LogP contribution in [0.2, 0.25) is 0 Å². The van der Waals surface area contributed by atoms with Gasteiger partial charge >= 0.3 is 6.09 Å². The molecule has 41 heavy (non-hydrogen) atoms. The molecule has 2 fully saturated rings. The summed E-state index contributed by atoms with van der Waals surface area (Å²) in [5.41, 5.74) is 4.03. The van der Waals surface area contributed by atoms with Gasteiger partial charge in [0.25, 0.3) is 0 Å². The van der Waals surface area contributed by atoms with Crippen molar-refractivity contribution in [3.63, 3.8) is 0 Å². The molecule has 0 radical (unpaired) electrons. The van der Waals surface area contributed by atoms with Crippen molar-refractivity contribution in [1.29, 1.82) is 0 Å². The van der Waals surface area contributed by atoms with Gasteiger partial charge in [0.05, 0.1) is 26.4 Å². The summed E-state index contributed by atoms with van der Waals surface area (Å²) in [6, 6.07) is 16.4. The predicted octanol–water partition coefficient (Wildman–Crippen LogP) is 4.81. The number of rotatable bonds is 10. The molecule has 0 atom stereocenters. The number of carbonyl (C=O) groups excluding carboxylic acids is 1. The molecule has 10 heteroatoms. The first-order valence-corrected chi connectivity index (χ1v) is 14.4. The average Bonchev–Trinajstić information content (AvgIpc) is 2.98. The maximum Gasteiger partial charge on any atom is 0.410 e. The predicted molar refractivity (Wildman–Crippen MR) is 159 cm³/mol. The van der Waals surface area contributed by atoms with E-state index in [-0.39, 0.29) is 19.3 Å². The molecule has 1 amide bonds. The maximum atomic E-state index is 12.1. The van der Waals surface area contributed by atoms with Crippen molar-refractivity contribution in [3.8, 4) is 0 Å². The summed E-state index contributed by atoms with van der Waals surface area (Å²) >= 11 is 0. The number of carbonyl (C=O) groups is 1. The summed E-state index contributed by atoms with van der Waals surface area (Å²) in [5, 5.41) is 3.33. The molecule has 2 aliphatic rings. The number of anilines is 2. The summed E-state index contributed by atoms with van der Waals surface area (Å²) in [5.74, 6) is 0. The molecule has 2 aromatic carbocycles. The Morgan fingerprint density at radius 1 is 0.732 bits per heavy atom. The number of benzene rings is 2. The lowest BCUT2D eigenvalue weighted by molar-refractivity contribution is 0.0240. The summed E-state index contributed by atoms with van der Waals surface area (Å²) in [6.45, 7) is 13.0. The molecule has 8 nitrogen and oxygen atoms in total. The molecular weight excluding hydrogens is 530 g/mol.